The first-order chi connectivity index (χ1) is 9.61. The lowest BCUT2D eigenvalue weighted by molar-refractivity contribution is -0.119. The van der Waals surface area contributed by atoms with Crippen LogP contribution in [0.4, 0.5) is 0 Å². The number of hydrogen-bond donors (Lipinski definition) is 0. The van der Waals surface area contributed by atoms with E-state index in [-0.39, 0.29) is 5.78 Å². The standard InChI is InChI=1S/C18H23NO/c1-13-7-9-16(11-14(13)2)17(12-19)18(20)10-8-15-5-3-4-6-15/h7,9,11,15,17H,3-6,8,10H2,1-2H3. The maximum atomic E-state index is 12.3. The van der Waals surface area contributed by atoms with E-state index < -0.39 is 5.92 Å². The zero-order chi connectivity index (χ0) is 14.5. The third-order valence-electron chi connectivity index (χ3n) is 4.59. The van der Waals surface area contributed by atoms with E-state index in [1.54, 1.807) is 0 Å². The maximum absolute atomic E-state index is 12.3. The highest BCUT2D eigenvalue weighted by Gasteiger charge is 2.22. The van der Waals surface area contributed by atoms with Crippen LogP contribution in [-0.2, 0) is 4.79 Å². The minimum Gasteiger partial charge on any atom is -0.298 e. The first-order valence-electron chi connectivity index (χ1n) is 7.61. The number of nitriles is 1. The van der Waals surface area contributed by atoms with E-state index in [4.69, 9.17) is 0 Å². The molecule has 106 valence electrons. The fourth-order valence-corrected chi connectivity index (χ4v) is 3.07. The van der Waals surface area contributed by atoms with Gasteiger partial charge in [0.05, 0.1) is 6.07 Å². The summed E-state index contributed by atoms with van der Waals surface area (Å²) in [6.45, 7) is 4.07. The number of carbonyl (C=O) groups is 1. The topological polar surface area (TPSA) is 40.9 Å². The van der Waals surface area contributed by atoms with Crippen LogP contribution >= 0.6 is 0 Å². The van der Waals surface area contributed by atoms with Crippen molar-refractivity contribution in [2.45, 2.75) is 58.3 Å². The minimum atomic E-state index is -0.587. The number of benzene rings is 1. The van der Waals surface area contributed by atoms with Gasteiger partial charge in [0.25, 0.3) is 0 Å². The van der Waals surface area contributed by atoms with Crippen molar-refractivity contribution in [2.24, 2.45) is 5.92 Å². The van der Waals surface area contributed by atoms with E-state index in [0.717, 1.165) is 17.5 Å². The summed E-state index contributed by atoms with van der Waals surface area (Å²) in [4.78, 5) is 12.3. The van der Waals surface area contributed by atoms with Crippen LogP contribution in [0.25, 0.3) is 0 Å². The maximum Gasteiger partial charge on any atom is 0.154 e. The molecule has 0 N–H and O–H groups in total. The monoisotopic (exact) mass is 269 g/mol. The Morgan fingerprint density at radius 1 is 1.30 bits per heavy atom. The van der Waals surface area contributed by atoms with Gasteiger partial charge in [-0.2, -0.15) is 5.26 Å². The first kappa shape index (κ1) is 14.8. The molecule has 1 atom stereocenters. The summed E-state index contributed by atoms with van der Waals surface area (Å²) in [6, 6.07) is 8.09. The van der Waals surface area contributed by atoms with Gasteiger partial charge >= 0.3 is 0 Å². The van der Waals surface area contributed by atoms with Crippen LogP contribution in [0.1, 0.15) is 61.1 Å². The van der Waals surface area contributed by atoms with Gasteiger partial charge in [-0.3, -0.25) is 4.79 Å². The molecule has 0 heterocycles. The zero-order valence-electron chi connectivity index (χ0n) is 12.5. The normalized spacial score (nSPS) is 16.9. The molecule has 0 saturated heterocycles. The molecule has 2 heteroatoms. The summed E-state index contributed by atoms with van der Waals surface area (Å²) in [5.74, 6) is 0.205. The Labute approximate surface area is 121 Å². The van der Waals surface area contributed by atoms with Gasteiger partial charge in [0.1, 0.15) is 5.92 Å². The number of hydrogen-bond acceptors (Lipinski definition) is 2. The van der Waals surface area contributed by atoms with Crippen molar-refractivity contribution in [3.8, 4) is 6.07 Å². The van der Waals surface area contributed by atoms with Crippen LogP contribution in [0.5, 0.6) is 0 Å². The van der Waals surface area contributed by atoms with Crippen molar-refractivity contribution in [2.75, 3.05) is 0 Å². The number of ketones is 1. The van der Waals surface area contributed by atoms with Crippen molar-refractivity contribution < 1.29 is 4.79 Å². The molecule has 1 fully saturated rings. The predicted molar refractivity (Wildman–Crippen MR) is 80.5 cm³/mol. The first-order valence-corrected chi connectivity index (χ1v) is 7.61. The van der Waals surface area contributed by atoms with Gasteiger partial charge < -0.3 is 0 Å². The smallest absolute Gasteiger partial charge is 0.154 e. The lowest BCUT2D eigenvalue weighted by Gasteiger charge is -2.12. The Morgan fingerprint density at radius 2 is 2.00 bits per heavy atom. The molecule has 0 aliphatic heterocycles. The molecule has 1 aliphatic carbocycles. The van der Waals surface area contributed by atoms with Gasteiger partial charge in [-0.05, 0) is 42.9 Å². The quantitative estimate of drug-likeness (QED) is 0.792. The molecule has 1 saturated carbocycles. The van der Waals surface area contributed by atoms with Crippen molar-refractivity contribution in [3.05, 3.63) is 34.9 Å². The molecule has 2 rings (SSSR count). The van der Waals surface area contributed by atoms with E-state index >= 15 is 0 Å². The number of carbonyl (C=O) groups excluding carboxylic acids is 1. The van der Waals surface area contributed by atoms with E-state index in [1.165, 1.54) is 31.2 Å². The lowest BCUT2D eigenvalue weighted by Crippen LogP contribution is -2.12. The Bertz CT molecular complexity index is 521. The van der Waals surface area contributed by atoms with Crippen LogP contribution in [0.3, 0.4) is 0 Å². The highest BCUT2D eigenvalue weighted by molar-refractivity contribution is 5.88. The Balaban J connectivity index is 2.01. The molecule has 20 heavy (non-hydrogen) atoms. The highest BCUT2D eigenvalue weighted by atomic mass is 16.1. The molecular weight excluding hydrogens is 246 g/mol. The summed E-state index contributed by atoms with van der Waals surface area (Å²) in [5.41, 5.74) is 3.20. The van der Waals surface area contributed by atoms with Crippen LogP contribution in [0, 0.1) is 31.1 Å². The summed E-state index contributed by atoms with van der Waals surface area (Å²) < 4.78 is 0. The van der Waals surface area contributed by atoms with Gasteiger partial charge in [0.2, 0.25) is 0 Å². The third kappa shape index (κ3) is 3.48. The fraction of sp³-hybridized carbons (Fsp3) is 0.556. The number of aryl methyl sites for hydroxylation is 2. The zero-order valence-corrected chi connectivity index (χ0v) is 12.5. The van der Waals surface area contributed by atoms with Crippen molar-refractivity contribution >= 4 is 5.78 Å². The molecule has 2 nitrogen and oxygen atoms in total. The molecule has 1 aromatic carbocycles. The molecule has 0 radical (unpaired) electrons. The molecule has 0 spiro atoms. The average Bonchev–Trinajstić information content (AvgIpc) is 2.94. The van der Waals surface area contributed by atoms with Crippen molar-refractivity contribution in [3.63, 3.8) is 0 Å². The van der Waals surface area contributed by atoms with Gasteiger partial charge in [-0.25, -0.2) is 0 Å². The van der Waals surface area contributed by atoms with E-state index in [9.17, 15) is 10.1 Å². The lowest BCUT2D eigenvalue weighted by atomic mass is 9.89. The number of Topliss-reactive ketones (excluding diaryl/α,β-unsaturated/α-hetero) is 1. The van der Waals surface area contributed by atoms with Crippen molar-refractivity contribution in [1.29, 1.82) is 5.26 Å². The minimum absolute atomic E-state index is 0.0858. The van der Waals surface area contributed by atoms with Crippen molar-refractivity contribution in [1.82, 2.24) is 0 Å². The fourth-order valence-electron chi connectivity index (χ4n) is 3.07. The van der Waals surface area contributed by atoms with Crippen LogP contribution in [-0.4, -0.2) is 5.78 Å². The summed E-state index contributed by atoms with van der Waals surface area (Å²) in [6.07, 6.45) is 6.63. The summed E-state index contributed by atoms with van der Waals surface area (Å²) in [5, 5.41) is 9.33. The average molecular weight is 269 g/mol. The van der Waals surface area contributed by atoms with E-state index in [2.05, 4.69) is 6.07 Å². The number of nitrogens with zero attached hydrogens (tertiary/aromatic N) is 1. The van der Waals surface area contributed by atoms with Gasteiger partial charge in [0, 0.05) is 6.42 Å². The highest BCUT2D eigenvalue weighted by Crippen LogP contribution is 2.30. The number of rotatable bonds is 5. The second kappa shape index (κ2) is 6.70. The predicted octanol–water partition coefficient (Wildman–Crippen LogP) is 4.45. The van der Waals surface area contributed by atoms with Crippen LogP contribution in [0.15, 0.2) is 18.2 Å². The molecule has 0 amide bonds. The molecule has 0 aromatic heterocycles. The Morgan fingerprint density at radius 3 is 2.60 bits per heavy atom. The van der Waals surface area contributed by atoms with Gasteiger partial charge in [0.15, 0.2) is 5.78 Å². The molecular formula is C18H23NO. The third-order valence-corrected chi connectivity index (χ3v) is 4.59. The van der Waals surface area contributed by atoms with Gasteiger partial charge in [-0.15, -0.1) is 0 Å². The van der Waals surface area contributed by atoms with Crippen LogP contribution < -0.4 is 0 Å². The SMILES string of the molecule is Cc1ccc(C(C#N)C(=O)CCC2CCCC2)cc1C. The molecule has 1 aromatic rings. The second-order valence-electron chi connectivity index (χ2n) is 6.06. The molecule has 1 unspecified atom stereocenters. The molecule has 1 aliphatic rings. The second-order valence-corrected chi connectivity index (χ2v) is 6.06. The van der Waals surface area contributed by atoms with E-state index in [0.29, 0.717) is 12.3 Å². The summed E-state index contributed by atoms with van der Waals surface area (Å²) in [7, 11) is 0. The van der Waals surface area contributed by atoms with Gasteiger partial charge in [-0.1, -0.05) is 43.9 Å². The van der Waals surface area contributed by atoms with Crippen LogP contribution in [0.2, 0.25) is 0 Å². The summed E-state index contributed by atoms with van der Waals surface area (Å²) >= 11 is 0. The largest absolute Gasteiger partial charge is 0.298 e. The Kier molecular flexibility index (Phi) is 4.95. The Hall–Kier alpha value is -1.62. The molecule has 0 bridgehead atoms. The van der Waals surface area contributed by atoms with E-state index in [1.807, 2.05) is 32.0 Å².